The van der Waals surface area contributed by atoms with Crippen molar-refractivity contribution in [2.24, 2.45) is 7.05 Å². The number of hydrogen-bond acceptors (Lipinski definition) is 1. The summed E-state index contributed by atoms with van der Waals surface area (Å²) in [5.41, 5.74) is 1.01. The Morgan fingerprint density at radius 3 is 1.64 bits per heavy atom. The first-order chi connectivity index (χ1) is 10.5. The van der Waals surface area contributed by atoms with Gasteiger partial charge in [-0.25, -0.2) is 0 Å². The van der Waals surface area contributed by atoms with Gasteiger partial charge >= 0.3 is 0 Å². The molecule has 0 aliphatic carbocycles. The molecule has 0 amide bonds. The Bertz CT molecular complexity index is 730. The lowest BCUT2D eigenvalue weighted by Crippen LogP contribution is -2.31. The van der Waals surface area contributed by atoms with E-state index in [1.54, 1.807) is 24.3 Å². The second kappa shape index (κ2) is 5.81. The molecule has 0 saturated heterocycles. The predicted octanol–water partition coefficient (Wildman–Crippen LogP) is 4.62. The molecular formula is C18H15Cl2NO. The molecule has 4 heteroatoms. The van der Waals surface area contributed by atoms with Gasteiger partial charge < -0.3 is 9.67 Å². The molecule has 1 aromatic heterocycles. The Morgan fingerprint density at radius 1 is 0.818 bits per heavy atom. The molecule has 0 unspecified atom stereocenters. The molecule has 2 aromatic carbocycles. The summed E-state index contributed by atoms with van der Waals surface area (Å²) in [6.45, 7) is 0. The van der Waals surface area contributed by atoms with Crippen LogP contribution in [-0.2, 0) is 12.6 Å². The van der Waals surface area contributed by atoms with Crippen LogP contribution in [0.15, 0.2) is 66.9 Å². The third-order valence-electron chi connectivity index (χ3n) is 3.84. The van der Waals surface area contributed by atoms with E-state index in [0.717, 1.165) is 16.8 Å². The lowest BCUT2D eigenvalue weighted by molar-refractivity contribution is 0.117. The van der Waals surface area contributed by atoms with Crippen molar-refractivity contribution in [3.8, 4) is 0 Å². The zero-order valence-corrected chi connectivity index (χ0v) is 13.5. The van der Waals surface area contributed by atoms with Gasteiger partial charge in [-0.1, -0.05) is 47.5 Å². The van der Waals surface area contributed by atoms with Crippen molar-refractivity contribution in [2.75, 3.05) is 0 Å². The van der Waals surface area contributed by atoms with Crippen LogP contribution in [0.3, 0.4) is 0 Å². The molecule has 112 valence electrons. The van der Waals surface area contributed by atoms with Crippen molar-refractivity contribution in [2.45, 2.75) is 5.60 Å². The molecule has 0 spiro atoms. The fourth-order valence-electron chi connectivity index (χ4n) is 2.68. The molecule has 22 heavy (non-hydrogen) atoms. The van der Waals surface area contributed by atoms with Crippen molar-refractivity contribution < 1.29 is 5.11 Å². The summed E-state index contributed by atoms with van der Waals surface area (Å²) in [6, 6.07) is 18.3. The van der Waals surface area contributed by atoms with Crippen LogP contribution in [-0.4, -0.2) is 9.67 Å². The van der Waals surface area contributed by atoms with Crippen molar-refractivity contribution in [3.63, 3.8) is 0 Å². The number of aromatic nitrogens is 1. The Balaban J connectivity index is 2.24. The maximum atomic E-state index is 11.6. The number of benzene rings is 2. The summed E-state index contributed by atoms with van der Waals surface area (Å²) in [4.78, 5) is 0. The van der Waals surface area contributed by atoms with E-state index in [4.69, 9.17) is 23.2 Å². The van der Waals surface area contributed by atoms with Gasteiger partial charge in [-0.15, -0.1) is 0 Å². The van der Waals surface area contributed by atoms with E-state index in [0.29, 0.717) is 10.0 Å². The average Bonchev–Trinajstić information content (AvgIpc) is 2.94. The van der Waals surface area contributed by atoms with Gasteiger partial charge in [0.1, 0.15) is 0 Å². The average molecular weight is 332 g/mol. The second-order valence-electron chi connectivity index (χ2n) is 5.23. The Kier molecular flexibility index (Phi) is 4.00. The van der Waals surface area contributed by atoms with E-state index in [1.807, 2.05) is 54.2 Å². The Hall–Kier alpha value is -1.74. The number of halogens is 2. The SMILES string of the molecule is Cn1cccc1C(O)(c1ccc(Cl)cc1)c1ccc(Cl)cc1. The van der Waals surface area contributed by atoms with Gasteiger partial charge in [0.15, 0.2) is 5.60 Å². The standard InChI is InChI=1S/C18H15Cl2NO/c1-21-12-2-3-17(21)18(22,13-4-8-15(19)9-5-13)14-6-10-16(20)11-7-14/h2-12,22H,1H3. The Morgan fingerprint density at radius 2 is 1.27 bits per heavy atom. The molecule has 3 aromatic rings. The molecule has 0 aliphatic heterocycles. The van der Waals surface area contributed by atoms with Crippen LogP contribution in [0.1, 0.15) is 16.8 Å². The third kappa shape index (κ3) is 2.54. The van der Waals surface area contributed by atoms with Crippen molar-refractivity contribution >= 4 is 23.2 Å². The minimum absolute atomic E-state index is 0.633. The predicted molar refractivity (Wildman–Crippen MR) is 90.4 cm³/mol. The minimum Gasteiger partial charge on any atom is -0.375 e. The quantitative estimate of drug-likeness (QED) is 0.744. The monoisotopic (exact) mass is 331 g/mol. The number of aliphatic hydroxyl groups is 1. The second-order valence-corrected chi connectivity index (χ2v) is 6.10. The van der Waals surface area contributed by atoms with Crippen LogP contribution in [0.4, 0.5) is 0 Å². The lowest BCUT2D eigenvalue weighted by atomic mass is 9.83. The maximum Gasteiger partial charge on any atom is 0.155 e. The molecule has 0 bridgehead atoms. The van der Waals surface area contributed by atoms with E-state index in [2.05, 4.69) is 0 Å². The molecule has 1 N–H and O–H groups in total. The van der Waals surface area contributed by atoms with Crippen LogP contribution in [0.2, 0.25) is 10.0 Å². The van der Waals surface area contributed by atoms with Crippen molar-refractivity contribution in [1.29, 1.82) is 0 Å². The smallest absolute Gasteiger partial charge is 0.155 e. The lowest BCUT2D eigenvalue weighted by Gasteiger charge is -2.30. The van der Waals surface area contributed by atoms with E-state index in [-0.39, 0.29) is 0 Å². The maximum absolute atomic E-state index is 11.6. The molecular weight excluding hydrogens is 317 g/mol. The van der Waals surface area contributed by atoms with Crippen LogP contribution in [0.5, 0.6) is 0 Å². The summed E-state index contributed by atoms with van der Waals surface area (Å²) in [5.74, 6) is 0. The normalized spacial score (nSPS) is 11.6. The molecule has 1 heterocycles. The molecule has 0 atom stereocenters. The summed E-state index contributed by atoms with van der Waals surface area (Å²) in [7, 11) is 1.91. The van der Waals surface area contributed by atoms with Gasteiger partial charge in [0.2, 0.25) is 0 Å². The third-order valence-corrected chi connectivity index (χ3v) is 4.34. The first-order valence-electron chi connectivity index (χ1n) is 6.88. The van der Waals surface area contributed by atoms with Gasteiger partial charge in [-0.05, 0) is 47.5 Å². The topological polar surface area (TPSA) is 25.2 Å². The van der Waals surface area contributed by atoms with Crippen molar-refractivity contribution in [1.82, 2.24) is 4.57 Å². The highest BCUT2D eigenvalue weighted by Gasteiger charge is 2.35. The van der Waals surface area contributed by atoms with E-state index < -0.39 is 5.60 Å². The molecule has 0 saturated carbocycles. The van der Waals surface area contributed by atoms with Gasteiger partial charge in [0.25, 0.3) is 0 Å². The number of rotatable bonds is 3. The number of nitrogens with zero attached hydrogens (tertiary/aromatic N) is 1. The van der Waals surface area contributed by atoms with E-state index >= 15 is 0 Å². The van der Waals surface area contributed by atoms with Crippen LogP contribution in [0.25, 0.3) is 0 Å². The molecule has 3 rings (SSSR count). The number of aryl methyl sites for hydroxylation is 1. The van der Waals surface area contributed by atoms with Gasteiger partial charge in [-0.3, -0.25) is 0 Å². The van der Waals surface area contributed by atoms with Gasteiger partial charge in [-0.2, -0.15) is 0 Å². The van der Waals surface area contributed by atoms with Crippen LogP contribution < -0.4 is 0 Å². The zero-order valence-electron chi connectivity index (χ0n) is 12.0. The zero-order chi connectivity index (χ0) is 15.7. The fourth-order valence-corrected chi connectivity index (χ4v) is 2.93. The minimum atomic E-state index is -1.27. The molecule has 2 nitrogen and oxygen atoms in total. The van der Waals surface area contributed by atoms with E-state index in [9.17, 15) is 5.11 Å². The highest BCUT2D eigenvalue weighted by Crippen LogP contribution is 2.37. The first kappa shape index (κ1) is 15.2. The summed E-state index contributed by atoms with van der Waals surface area (Å²) >= 11 is 12.0. The molecule has 0 radical (unpaired) electrons. The van der Waals surface area contributed by atoms with Gasteiger partial charge in [0, 0.05) is 23.3 Å². The van der Waals surface area contributed by atoms with Crippen LogP contribution in [0, 0.1) is 0 Å². The fraction of sp³-hybridized carbons (Fsp3) is 0.111. The van der Waals surface area contributed by atoms with E-state index in [1.165, 1.54) is 0 Å². The van der Waals surface area contributed by atoms with Crippen molar-refractivity contribution in [3.05, 3.63) is 93.7 Å². The summed E-state index contributed by atoms with van der Waals surface area (Å²) in [6.07, 6.45) is 1.91. The highest BCUT2D eigenvalue weighted by molar-refractivity contribution is 6.30. The van der Waals surface area contributed by atoms with Crippen LogP contribution >= 0.6 is 23.2 Å². The summed E-state index contributed by atoms with van der Waals surface area (Å²) in [5, 5.41) is 12.8. The largest absolute Gasteiger partial charge is 0.375 e. The first-order valence-corrected chi connectivity index (χ1v) is 7.63. The number of hydrogen-bond donors (Lipinski definition) is 1. The summed E-state index contributed by atoms with van der Waals surface area (Å²) < 4.78 is 1.91. The molecule has 0 fully saturated rings. The Labute approximate surface area is 139 Å². The molecule has 0 aliphatic rings. The van der Waals surface area contributed by atoms with Gasteiger partial charge in [0.05, 0.1) is 5.69 Å². The highest BCUT2D eigenvalue weighted by atomic mass is 35.5.